The Balaban J connectivity index is 2.09. The van der Waals surface area contributed by atoms with Gasteiger partial charge in [0, 0.05) is 12.6 Å². The number of ether oxygens (including phenoxy) is 1. The lowest BCUT2D eigenvalue weighted by atomic mass is 9.98. The molecular formula is C14H24N4O. The maximum absolute atomic E-state index is 5.16. The Morgan fingerprint density at radius 2 is 2.32 bits per heavy atom. The molecule has 1 aromatic heterocycles. The van der Waals surface area contributed by atoms with Gasteiger partial charge in [-0.3, -0.25) is 4.98 Å². The Labute approximate surface area is 115 Å². The molecule has 2 heterocycles. The van der Waals surface area contributed by atoms with Gasteiger partial charge in [0.1, 0.15) is 0 Å². The maximum Gasteiger partial charge on any atom is 0.233 e. The van der Waals surface area contributed by atoms with Crippen LogP contribution in [0.25, 0.3) is 0 Å². The van der Waals surface area contributed by atoms with Crippen molar-refractivity contribution >= 4 is 5.82 Å². The third-order valence-electron chi connectivity index (χ3n) is 3.58. The van der Waals surface area contributed by atoms with Crippen molar-refractivity contribution in [2.45, 2.75) is 32.7 Å². The van der Waals surface area contributed by atoms with Crippen LogP contribution >= 0.6 is 0 Å². The minimum atomic E-state index is 0.406. The van der Waals surface area contributed by atoms with Crippen molar-refractivity contribution in [3.8, 4) is 5.88 Å². The summed E-state index contributed by atoms with van der Waals surface area (Å²) in [6.07, 6.45) is 6.01. The van der Waals surface area contributed by atoms with Gasteiger partial charge in [0.15, 0.2) is 5.82 Å². The SMILES string of the molecule is COc1cncc(N(CC2CCCNC2)C(C)C)n1. The number of nitrogens with zero attached hydrogens (tertiary/aromatic N) is 3. The highest BCUT2D eigenvalue weighted by Crippen LogP contribution is 2.20. The number of aromatic nitrogens is 2. The quantitative estimate of drug-likeness (QED) is 0.877. The third kappa shape index (κ3) is 3.80. The standard InChI is InChI=1S/C14H24N4O/c1-11(2)18(10-12-5-4-6-15-7-12)13-8-16-9-14(17-13)19-3/h8-9,11-12,15H,4-7,10H2,1-3H3. The highest BCUT2D eigenvalue weighted by atomic mass is 16.5. The summed E-state index contributed by atoms with van der Waals surface area (Å²) in [6.45, 7) is 7.65. The summed E-state index contributed by atoms with van der Waals surface area (Å²) in [5.74, 6) is 2.16. The molecule has 1 saturated heterocycles. The van der Waals surface area contributed by atoms with Crippen LogP contribution in [-0.2, 0) is 0 Å². The fourth-order valence-electron chi connectivity index (χ4n) is 2.50. The van der Waals surface area contributed by atoms with Crippen molar-refractivity contribution in [2.75, 3.05) is 31.6 Å². The summed E-state index contributed by atoms with van der Waals surface area (Å²) in [4.78, 5) is 11.0. The van der Waals surface area contributed by atoms with Crippen LogP contribution in [0.4, 0.5) is 5.82 Å². The summed E-state index contributed by atoms with van der Waals surface area (Å²) < 4.78 is 5.16. The van der Waals surface area contributed by atoms with Gasteiger partial charge in [0.05, 0.1) is 19.5 Å². The Morgan fingerprint density at radius 1 is 1.47 bits per heavy atom. The smallest absolute Gasteiger partial charge is 0.233 e. The van der Waals surface area contributed by atoms with E-state index in [0.717, 1.165) is 25.5 Å². The molecule has 1 atom stereocenters. The van der Waals surface area contributed by atoms with Crippen LogP contribution in [0, 0.1) is 5.92 Å². The van der Waals surface area contributed by atoms with Gasteiger partial charge < -0.3 is 15.0 Å². The van der Waals surface area contributed by atoms with Crippen molar-refractivity contribution in [1.29, 1.82) is 0 Å². The molecule has 0 spiro atoms. The fourth-order valence-corrected chi connectivity index (χ4v) is 2.50. The molecule has 1 aliphatic rings. The van der Waals surface area contributed by atoms with Crippen LogP contribution in [0.15, 0.2) is 12.4 Å². The lowest BCUT2D eigenvalue weighted by Crippen LogP contribution is -2.41. The van der Waals surface area contributed by atoms with E-state index in [4.69, 9.17) is 4.74 Å². The van der Waals surface area contributed by atoms with E-state index in [1.807, 2.05) is 6.20 Å². The van der Waals surface area contributed by atoms with Crippen LogP contribution in [-0.4, -0.2) is 42.8 Å². The van der Waals surface area contributed by atoms with E-state index in [1.165, 1.54) is 12.8 Å². The number of piperidine rings is 1. The highest BCUT2D eigenvalue weighted by Gasteiger charge is 2.20. The van der Waals surface area contributed by atoms with Gasteiger partial charge in [-0.25, -0.2) is 0 Å². The number of hydrogen-bond acceptors (Lipinski definition) is 5. The normalized spacial score (nSPS) is 19.5. The molecule has 2 rings (SSSR count). The summed E-state index contributed by atoms with van der Waals surface area (Å²) in [5, 5.41) is 3.47. The topological polar surface area (TPSA) is 50.3 Å². The Kier molecular flexibility index (Phi) is 4.96. The molecule has 106 valence electrons. The molecule has 0 radical (unpaired) electrons. The first-order valence-electron chi connectivity index (χ1n) is 7.04. The van der Waals surface area contributed by atoms with E-state index in [2.05, 4.69) is 34.0 Å². The second kappa shape index (κ2) is 6.70. The largest absolute Gasteiger partial charge is 0.480 e. The van der Waals surface area contributed by atoms with Gasteiger partial charge in [-0.1, -0.05) is 0 Å². The van der Waals surface area contributed by atoms with Crippen molar-refractivity contribution in [2.24, 2.45) is 5.92 Å². The minimum absolute atomic E-state index is 0.406. The molecule has 0 bridgehead atoms. The summed E-state index contributed by atoms with van der Waals surface area (Å²) in [5.41, 5.74) is 0. The Bertz CT molecular complexity index is 391. The average molecular weight is 264 g/mol. The molecule has 5 heteroatoms. The zero-order valence-corrected chi connectivity index (χ0v) is 12.1. The molecule has 0 aliphatic carbocycles. The molecular weight excluding hydrogens is 240 g/mol. The molecule has 0 saturated carbocycles. The first-order valence-corrected chi connectivity index (χ1v) is 7.04. The molecule has 0 aromatic carbocycles. The fraction of sp³-hybridized carbons (Fsp3) is 0.714. The number of anilines is 1. The van der Waals surface area contributed by atoms with E-state index < -0.39 is 0 Å². The second-order valence-electron chi connectivity index (χ2n) is 5.38. The zero-order chi connectivity index (χ0) is 13.7. The number of methoxy groups -OCH3 is 1. The van der Waals surface area contributed by atoms with E-state index in [9.17, 15) is 0 Å². The van der Waals surface area contributed by atoms with E-state index in [1.54, 1.807) is 13.3 Å². The first-order chi connectivity index (χ1) is 9.20. The number of nitrogens with one attached hydrogen (secondary N) is 1. The second-order valence-corrected chi connectivity index (χ2v) is 5.38. The summed E-state index contributed by atoms with van der Waals surface area (Å²) in [6, 6.07) is 0.406. The Hall–Kier alpha value is -1.36. The van der Waals surface area contributed by atoms with Crippen molar-refractivity contribution < 1.29 is 4.74 Å². The van der Waals surface area contributed by atoms with Crippen LogP contribution in [0.2, 0.25) is 0 Å². The van der Waals surface area contributed by atoms with E-state index in [0.29, 0.717) is 17.8 Å². The number of hydrogen-bond donors (Lipinski definition) is 1. The minimum Gasteiger partial charge on any atom is -0.480 e. The van der Waals surface area contributed by atoms with Crippen LogP contribution in [0.1, 0.15) is 26.7 Å². The predicted octanol–water partition coefficient (Wildman–Crippen LogP) is 1.70. The third-order valence-corrected chi connectivity index (χ3v) is 3.58. The number of rotatable bonds is 5. The van der Waals surface area contributed by atoms with Gasteiger partial charge in [-0.15, -0.1) is 0 Å². The lowest BCUT2D eigenvalue weighted by molar-refractivity contribution is 0.368. The van der Waals surface area contributed by atoms with Gasteiger partial charge in [0.25, 0.3) is 0 Å². The van der Waals surface area contributed by atoms with Crippen molar-refractivity contribution in [3.63, 3.8) is 0 Å². The van der Waals surface area contributed by atoms with Crippen LogP contribution in [0.3, 0.4) is 0 Å². The first kappa shape index (κ1) is 14.1. The molecule has 19 heavy (non-hydrogen) atoms. The maximum atomic E-state index is 5.16. The molecule has 1 unspecified atom stereocenters. The van der Waals surface area contributed by atoms with Gasteiger partial charge in [-0.2, -0.15) is 4.98 Å². The molecule has 5 nitrogen and oxygen atoms in total. The van der Waals surface area contributed by atoms with Crippen molar-refractivity contribution in [3.05, 3.63) is 12.4 Å². The highest BCUT2D eigenvalue weighted by molar-refractivity contribution is 5.38. The van der Waals surface area contributed by atoms with Gasteiger partial charge in [0.2, 0.25) is 5.88 Å². The zero-order valence-electron chi connectivity index (χ0n) is 12.1. The predicted molar refractivity (Wildman–Crippen MR) is 76.7 cm³/mol. The molecule has 1 aromatic rings. The van der Waals surface area contributed by atoms with Crippen molar-refractivity contribution in [1.82, 2.24) is 15.3 Å². The Morgan fingerprint density at radius 3 is 2.95 bits per heavy atom. The molecule has 1 N–H and O–H groups in total. The summed E-state index contributed by atoms with van der Waals surface area (Å²) >= 11 is 0. The molecule has 0 amide bonds. The van der Waals surface area contributed by atoms with Crippen LogP contribution in [0.5, 0.6) is 5.88 Å². The molecule has 1 fully saturated rings. The lowest BCUT2D eigenvalue weighted by Gasteiger charge is -2.33. The van der Waals surface area contributed by atoms with E-state index in [-0.39, 0.29) is 0 Å². The monoisotopic (exact) mass is 264 g/mol. The van der Waals surface area contributed by atoms with Crippen LogP contribution < -0.4 is 15.0 Å². The van der Waals surface area contributed by atoms with Gasteiger partial charge in [-0.05, 0) is 45.7 Å². The molecule has 1 aliphatic heterocycles. The summed E-state index contributed by atoms with van der Waals surface area (Å²) in [7, 11) is 1.62. The van der Waals surface area contributed by atoms with E-state index >= 15 is 0 Å². The van der Waals surface area contributed by atoms with Gasteiger partial charge >= 0.3 is 0 Å². The average Bonchev–Trinajstić information content (AvgIpc) is 2.45.